The largest absolute Gasteiger partial charge is 0.393 e. The van der Waals surface area contributed by atoms with Crippen LogP contribution in [-0.2, 0) is 0 Å². The monoisotopic (exact) mass is 231 g/mol. The molecule has 1 aromatic carbocycles. The van der Waals surface area contributed by atoms with Gasteiger partial charge in [0.2, 0.25) is 0 Å². The van der Waals surface area contributed by atoms with E-state index < -0.39 is 0 Å². The van der Waals surface area contributed by atoms with Crippen LogP contribution >= 0.6 is 0 Å². The Labute approximate surface area is 103 Å². The Morgan fingerprint density at radius 1 is 1.12 bits per heavy atom. The van der Waals surface area contributed by atoms with E-state index in [4.69, 9.17) is 0 Å². The van der Waals surface area contributed by atoms with Crippen LogP contribution in [0.3, 0.4) is 0 Å². The summed E-state index contributed by atoms with van der Waals surface area (Å²) >= 11 is 0. The Kier molecular flexibility index (Phi) is 2.93. The number of fused-ring (bicyclic) bond motifs is 1. The summed E-state index contributed by atoms with van der Waals surface area (Å²) in [7, 11) is 2.20. The lowest BCUT2D eigenvalue weighted by Gasteiger charge is -2.36. The molecule has 1 aromatic rings. The van der Waals surface area contributed by atoms with Crippen molar-refractivity contribution in [2.45, 2.75) is 24.9 Å². The Morgan fingerprint density at radius 2 is 1.88 bits per heavy atom. The van der Waals surface area contributed by atoms with E-state index in [1.165, 1.54) is 12.1 Å². The Hall–Kier alpha value is -0.860. The van der Waals surface area contributed by atoms with Gasteiger partial charge in [-0.25, -0.2) is 0 Å². The third kappa shape index (κ3) is 2.12. The minimum absolute atomic E-state index is 0.104. The summed E-state index contributed by atoms with van der Waals surface area (Å²) < 4.78 is 0. The number of benzene rings is 1. The zero-order valence-corrected chi connectivity index (χ0v) is 10.4. The van der Waals surface area contributed by atoms with Gasteiger partial charge in [0.1, 0.15) is 0 Å². The molecule has 0 radical (unpaired) electrons. The number of hydrogen-bond acceptors (Lipinski definition) is 2. The smallest absolute Gasteiger partial charge is 0.0549 e. The third-order valence-corrected chi connectivity index (χ3v) is 4.52. The molecule has 2 fully saturated rings. The average Bonchev–Trinajstić information content (AvgIpc) is 2.69. The lowest BCUT2D eigenvalue weighted by atomic mass is 9.70. The fraction of sp³-hybridized carbons (Fsp3) is 0.600. The first-order valence-electron chi connectivity index (χ1n) is 6.65. The van der Waals surface area contributed by atoms with Crippen molar-refractivity contribution < 1.29 is 5.11 Å². The van der Waals surface area contributed by atoms with Crippen LogP contribution in [0.15, 0.2) is 30.3 Å². The second kappa shape index (κ2) is 4.43. The molecule has 2 aliphatic rings. The zero-order valence-electron chi connectivity index (χ0n) is 10.4. The summed E-state index contributed by atoms with van der Waals surface area (Å²) in [6.45, 7) is 2.35. The first kappa shape index (κ1) is 11.2. The first-order valence-corrected chi connectivity index (χ1v) is 6.65. The third-order valence-electron chi connectivity index (χ3n) is 4.52. The Balaban J connectivity index is 1.87. The maximum absolute atomic E-state index is 10.1. The highest BCUT2D eigenvalue weighted by Crippen LogP contribution is 2.44. The topological polar surface area (TPSA) is 23.5 Å². The molecule has 92 valence electrons. The van der Waals surface area contributed by atoms with Crippen LogP contribution < -0.4 is 0 Å². The molecule has 1 aliphatic carbocycles. The summed E-state index contributed by atoms with van der Waals surface area (Å²) in [6.07, 6.45) is 1.84. The van der Waals surface area contributed by atoms with E-state index in [-0.39, 0.29) is 6.10 Å². The van der Waals surface area contributed by atoms with E-state index in [0.717, 1.165) is 25.3 Å². The van der Waals surface area contributed by atoms with Gasteiger partial charge in [0, 0.05) is 13.1 Å². The number of rotatable bonds is 1. The summed E-state index contributed by atoms with van der Waals surface area (Å²) in [6, 6.07) is 10.7. The maximum atomic E-state index is 10.1. The fourth-order valence-corrected chi connectivity index (χ4v) is 3.82. The summed E-state index contributed by atoms with van der Waals surface area (Å²) in [5, 5.41) is 10.1. The van der Waals surface area contributed by atoms with Crippen molar-refractivity contribution in [1.29, 1.82) is 0 Å². The minimum Gasteiger partial charge on any atom is -0.393 e. The van der Waals surface area contributed by atoms with Gasteiger partial charge in [-0.1, -0.05) is 30.3 Å². The van der Waals surface area contributed by atoms with Crippen molar-refractivity contribution >= 4 is 0 Å². The fourth-order valence-electron chi connectivity index (χ4n) is 3.82. The molecule has 1 heterocycles. The summed E-state index contributed by atoms with van der Waals surface area (Å²) in [5.74, 6) is 1.98. The number of aliphatic hydroxyl groups is 1. The standard InChI is InChI=1S/C15H21NO/c1-16-9-12-7-13(17)8-14(15(12)10-16)11-5-3-2-4-6-11/h2-6,12-15,17H,7-10H2,1H3/t12-,13?,14-,15+/m1/s1. The van der Waals surface area contributed by atoms with Gasteiger partial charge in [-0.3, -0.25) is 0 Å². The molecule has 1 saturated carbocycles. The molecular weight excluding hydrogens is 210 g/mol. The van der Waals surface area contributed by atoms with E-state index in [1.54, 1.807) is 0 Å². The van der Waals surface area contributed by atoms with Crippen molar-refractivity contribution in [3.05, 3.63) is 35.9 Å². The SMILES string of the molecule is CN1C[C@H]2CC(O)C[C@H](c3ccccc3)[C@H]2C1. The molecule has 1 aliphatic heterocycles. The Bertz CT molecular complexity index is 378. The molecular formula is C15H21NO. The van der Waals surface area contributed by atoms with Crippen LogP contribution in [0, 0.1) is 11.8 Å². The first-order chi connectivity index (χ1) is 8.24. The molecule has 0 amide bonds. The number of aliphatic hydroxyl groups excluding tert-OH is 1. The molecule has 17 heavy (non-hydrogen) atoms. The molecule has 0 aromatic heterocycles. The normalized spacial score (nSPS) is 38.0. The van der Waals surface area contributed by atoms with Crippen LogP contribution in [0.4, 0.5) is 0 Å². The van der Waals surface area contributed by atoms with Gasteiger partial charge < -0.3 is 10.0 Å². The van der Waals surface area contributed by atoms with Gasteiger partial charge in [-0.05, 0) is 43.2 Å². The van der Waals surface area contributed by atoms with Gasteiger partial charge in [-0.15, -0.1) is 0 Å². The van der Waals surface area contributed by atoms with Gasteiger partial charge in [0.15, 0.2) is 0 Å². The van der Waals surface area contributed by atoms with Gasteiger partial charge in [-0.2, -0.15) is 0 Å². The molecule has 1 unspecified atom stereocenters. The van der Waals surface area contributed by atoms with Gasteiger partial charge in [0.25, 0.3) is 0 Å². The highest BCUT2D eigenvalue weighted by molar-refractivity contribution is 5.22. The maximum Gasteiger partial charge on any atom is 0.0549 e. The van der Waals surface area contributed by atoms with Gasteiger partial charge >= 0.3 is 0 Å². The molecule has 4 atom stereocenters. The molecule has 0 bridgehead atoms. The number of likely N-dealkylation sites (tertiary alicyclic amines) is 1. The van der Waals surface area contributed by atoms with Crippen LogP contribution in [-0.4, -0.2) is 36.2 Å². The van der Waals surface area contributed by atoms with E-state index in [0.29, 0.717) is 11.8 Å². The van der Waals surface area contributed by atoms with E-state index in [2.05, 4.69) is 42.3 Å². The Morgan fingerprint density at radius 3 is 2.65 bits per heavy atom. The van der Waals surface area contributed by atoms with Crippen molar-refractivity contribution in [2.75, 3.05) is 20.1 Å². The predicted molar refractivity (Wildman–Crippen MR) is 68.9 cm³/mol. The van der Waals surface area contributed by atoms with Crippen molar-refractivity contribution in [3.8, 4) is 0 Å². The van der Waals surface area contributed by atoms with E-state index in [1.807, 2.05) is 0 Å². The van der Waals surface area contributed by atoms with Crippen LogP contribution in [0.2, 0.25) is 0 Å². The molecule has 0 spiro atoms. The molecule has 2 heteroatoms. The molecule has 2 nitrogen and oxygen atoms in total. The predicted octanol–water partition coefficient (Wildman–Crippen LogP) is 2.10. The second-order valence-electron chi connectivity index (χ2n) is 5.79. The van der Waals surface area contributed by atoms with Crippen molar-refractivity contribution in [2.24, 2.45) is 11.8 Å². The molecule has 1 N–H and O–H groups in total. The second-order valence-corrected chi connectivity index (χ2v) is 5.79. The minimum atomic E-state index is -0.104. The lowest BCUT2D eigenvalue weighted by molar-refractivity contribution is 0.0717. The average molecular weight is 231 g/mol. The quantitative estimate of drug-likeness (QED) is 0.800. The van der Waals surface area contributed by atoms with E-state index in [9.17, 15) is 5.11 Å². The van der Waals surface area contributed by atoms with Crippen LogP contribution in [0.1, 0.15) is 24.3 Å². The lowest BCUT2D eigenvalue weighted by Crippen LogP contribution is -2.33. The van der Waals surface area contributed by atoms with Crippen LogP contribution in [0.5, 0.6) is 0 Å². The van der Waals surface area contributed by atoms with Crippen LogP contribution in [0.25, 0.3) is 0 Å². The summed E-state index contributed by atoms with van der Waals surface area (Å²) in [5.41, 5.74) is 1.41. The summed E-state index contributed by atoms with van der Waals surface area (Å²) in [4.78, 5) is 2.42. The molecule has 3 rings (SSSR count). The van der Waals surface area contributed by atoms with Crippen molar-refractivity contribution in [3.63, 3.8) is 0 Å². The van der Waals surface area contributed by atoms with Crippen molar-refractivity contribution in [1.82, 2.24) is 4.90 Å². The number of nitrogens with zero attached hydrogens (tertiary/aromatic N) is 1. The number of hydrogen-bond donors (Lipinski definition) is 1. The van der Waals surface area contributed by atoms with E-state index >= 15 is 0 Å². The molecule has 1 saturated heterocycles. The highest BCUT2D eigenvalue weighted by atomic mass is 16.3. The van der Waals surface area contributed by atoms with Gasteiger partial charge in [0.05, 0.1) is 6.10 Å². The zero-order chi connectivity index (χ0) is 11.8. The highest BCUT2D eigenvalue weighted by Gasteiger charge is 2.42.